The largest absolute Gasteiger partial charge is 0.463 e. The Morgan fingerprint density at radius 2 is 1.44 bits per heavy atom. The van der Waals surface area contributed by atoms with Crippen LogP contribution >= 0.6 is 30.9 Å². The van der Waals surface area contributed by atoms with E-state index in [0.29, 0.717) is 0 Å². The number of hydrogen-bond donors (Lipinski definition) is 2. The lowest BCUT2D eigenvalue weighted by Crippen LogP contribution is -2.66. The minimum absolute atomic E-state index is 0.00214. The molecule has 2 N–H and O–H groups in total. The van der Waals surface area contributed by atoms with Gasteiger partial charge in [0.1, 0.15) is 12.7 Å². The van der Waals surface area contributed by atoms with Crippen LogP contribution in [0.3, 0.4) is 0 Å². The zero-order chi connectivity index (χ0) is 26.1. The number of carbonyl (C=O) groups is 4. The van der Waals surface area contributed by atoms with E-state index in [4.69, 9.17) is 46.9 Å². The zero-order valence-electron chi connectivity index (χ0n) is 19.1. The summed E-state index contributed by atoms with van der Waals surface area (Å²) < 4.78 is 40.8. The van der Waals surface area contributed by atoms with E-state index in [0.717, 1.165) is 32.4 Å². The summed E-state index contributed by atoms with van der Waals surface area (Å²) in [5.74, 6) is -3.32. The predicted octanol–water partition coefficient (Wildman–Crippen LogP) is 0.539. The molecular weight excluding hydrogens is 522 g/mol. The highest BCUT2D eigenvalue weighted by molar-refractivity contribution is 7.53. The first-order valence-electron chi connectivity index (χ1n) is 10.1. The van der Waals surface area contributed by atoms with Gasteiger partial charge in [-0.25, -0.2) is 5.09 Å². The first-order valence-corrected chi connectivity index (χ1v) is 12.8. The minimum Gasteiger partial charge on any atom is -0.463 e. The standard InChI is InChI=1S/C18H29Cl2N2O11P/c1-10(23)29-9-14-15(30-11(2)24)16(31-12(3)25)17(32-13(4)26)18(33-14)22(8-6-20)34(27,28)21-7-5-19/h14-18H,5-9H2,1-4H3,(H2,21,27,28)/t14-,15-,16+,17-,18?/m1/s1. The van der Waals surface area contributed by atoms with Gasteiger partial charge in [0.2, 0.25) is 0 Å². The molecule has 1 heterocycles. The Balaban J connectivity index is 3.60. The topological polar surface area (TPSA) is 167 Å². The fraction of sp³-hybridized carbons (Fsp3) is 0.778. The van der Waals surface area contributed by atoms with Crippen LogP contribution in [-0.2, 0) is 47.4 Å². The maximum Gasteiger partial charge on any atom is 0.343 e. The Labute approximate surface area is 206 Å². The maximum absolute atomic E-state index is 13.1. The third kappa shape index (κ3) is 9.29. The van der Waals surface area contributed by atoms with E-state index in [1.54, 1.807) is 0 Å². The third-order valence-electron chi connectivity index (χ3n) is 4.33. The number of halogens is 2. The first kappa shape index (κ1) is 30.6. The molecule has 0 aromatic heterocycles. The van der Waals surface area contributed by atoms with Crippen LogP contribution in [0.1, 0.15) is 27.7 Å². The second kappa shape index (κ2) is 14.2. The Kier molecular flexibility index (Phi) is 12.7. The Morgan fingerprint density at radius 3 is 1.91 bits per heavy atom. The van der Waals surface area contributed by atoms with Crippen LogP contribution in [0.5, 0.6) is 0 Å². The molecule has 1 rings (SSSR count). The normalized spacial score (nSPS) is 26.3. The average Bonchev–Trinajstić information content (AvgIpc) is 2.71. The summed E-state index contributed by atoms with van der Waals surface area (Å²) in [6, 6.07) is 0. The maximum atomic E-state index is 13.1. The van der Waals surface area contributed by atoms with Crippen molar-refractivity contribution in [1.82, 2.24) is 9.76 Å². The van der Waals surface area contributed by atoms with E-state index in [1.807, 2.05) is 0 Å². The summed E-state index contributed by atoms with van der Waals surface area (Å²) in [4.78, 5) is 57.7. The number of nitrogens with one attached hydrogen (secondary N) is 1. The quantitative estimate of drug-likeness (QED) is 0.149. The summed E-state index contributed by atoms with van der Waals surface area (Å²) in [6.07, 6.45) is -7.25. The molecule has 6 atom stereocenters. The highest BCUT2D eigenvalue weighted by Crippen LogP contribution is 2.45. The van der Waals surface area contributed by atoms with E-state index in [2.05, 4.69) is 5.09 Å². The van der Waals surface area contributed by atoms with E-state index < -0.39 is 68.8 Å². The van der Waals surface area contributed by atoms with Gasteiger partial charge >= 0.3 is 31.5 Å². The summed E-state index contributed by atoms with van der Waals surface area (Å²) in [5.41, 5.74) is 0. The van der Waals surface area contributed by atoms with Gasteiger partial charge in [0.25, 0.3) is 0 Å². The summed E-state index contributed by atoms with van der Waals surface area (Å²) in [7, 11) is -4.42. The van der Waals surface area contributed by atoms with Crippen LogP contribution in [0, 0.1) is 0 Å². The molecule has 0 bridgehead atoms. The van der Waals surface area contributed by atoms with Gasteiger partial charge in [0.15, 0.2) is 24.5 Å². The van der Waals surface area contributed by atoms with Crippen LogP contribution in [-0.4, -0.2) is 95.5 Å². The molecule has 16 heteroatoms. The molecule has 1 aliphatic heterocycles. The first-order chi connectivity index (χ1) is 15.8. The van der Waals surface area contributed by atoms with Crippen molar-refractivity contribution >= 4 is 54.7 Å². The fourth-order valence-electron chi connectivity index (χ4n) is 3.23. The van der Waals surface area contributed by atoms with E-state index in [9.17, 15) is 28.6 Å². The van der Waals surface area contributed by atoms with Crippen LogP contribution < -0.4 is 5.09 Å². The van der Waals surface area contributed by atoms with Gasteiger partial charge in [0.05, 0.1) is 0 Å². The second-order valence-electron chi connectivity index (χ2n) is 7.08. The fourth-order valence-corrected chi connectivity index (χ4v) is 5.20. The molecule has 1 saturated heterocycles. The van der Waals surface area contributed by atoms with Crippen molar-refractivity contribution in [3.8, 4) is 0 Å². The van der Waals surface area contributed by atoms with Crippen LogP contribution in [0.4, 0.5) is 0 Å². The number of ether oxygens (including phenoxy) is 5. The van der Waals surface area contributed by atoms with Gasteiger partial charge in [-0.05, 0) is 0 Å². The van der Waals surface area contributed by atoms with Crippen molar-refractivity contribution in [3.05, 3.63) is 0 Å². The molecule has 13 nitrogen and oxygen atoms in total. The van der Waals surface area contributed by atoms with E-state index >= 15 is 0 Å². The zero-order valence-corrected chi connectivity index (χ0v) is 21.5. The van der Waals surface area contributed by atoms with Crippen molar-refractivity contribution in [1.29, 1.82) is 0 Å². The lowest BCUT2D eigenvalue weighted by molar-refractivity contribution is -0.270. The molecule has 0 saturated carbocycles. The van der Waals surface area contributed by atoms with Crippen molar-refractivity contribution in [2.75, 3.05) is 31.5 Å². The molecule has 34 heavy (non-hydrogen) atoms. The number of rotatable bonds is 12. The number of alkyl halides is 2. The molecule has 0 aromatic carbocycles. The lowest BCUT2D eigenvalue weighted by atomic mass is 9.97. The minimum atomic E-state index is -4.42. The molecule has 2 unspecified atom stereocenters. The van der Waals surface area contributed by atoms with Gasteiger partial charge in [-0.15, -0.1) is 23.2 Å². The Morgan fingerprint density at radius 1 is 0.912 bits per heavy atom. The highest BCUT2D eigenvalue weighted by atomic mass is 35.5. The monoisotopic (exact) mass is 550 g/mol. The van der Waals surface area contributed by atoms with Crippen molar-refractivity contribution in [2.45, 2.75) is 58.3 Å². The second-order valence-corrected chi connectivity index (χ2v) is 9.76. The average molecular weight is 551 g/mol. The Bertz CT molecular complexity index is 787. The molecule has 1 aliphatic rings. The van der Waals surface area contributed by atoms with Gasteiger partial charge in [-0.3, -0.25) is 23.7 Å². The number of carbonyl (C=O) groups excluding carboxylic acids is 4. The molecule has 0 amide bonds. The van der Waals surface area contributed by atoms with Gasteiger partial charge in [0, 0.05) is 52.5 Å². The van der Waals surface area contributed by atoms with Crippen molar-refractivity contribution in [2.24, 2.45) is 0 Å². The van der Waals surface area contributed by atoms with Crippen molar-refractivity contribution < 1.29 is 52.3 Å². The molecule has 0 aliphatic carbocycles. The number of hydrogen-bond acceptors (Lipinski definition) is 10. The van der Waals surface area contributed by atoms with E-state index in [1.165, 1.54) is 0 Å². The van der Waals surface area contributed by atoms with Gasteiger partial charge in [-0.2, -0.15) is 4.67 Å². The molecule has 0 spiro atoms. The molecule has 196 valence electrons. The van der Waals surface area contributed by atoms with Crippen LogP contribution in [0.15, 0.2) is 0 Å². The molecular formula is C18H29Cl2N2O11P. The summed E-state index contributed by atoms with van der Waals surface area (Å²) in [5, 5.41) is 2.38. The SMILES string of the molecule is CC(=O)OC[C@H]1OC(N(CCCl)P(=O)(O)NCCCl)[C@H](OC(C)=O)[C@@H](OC(C)=O)[C@@H]1OC(C)=O. The van der Waals surface area contributed by atoms with E-state index in [-0.39, 0.29) is 24.8 Å². The molecule has 0 radical (unpaired) electrons. The summed E-state index contributed by atoms with van der Waals surface area (Å²) >= 11 is 11.5. The lowest BCUT2D eigenvalue weighted by Gasteiger charge is -2.48. The van der Waals surface area contributed by atoms with Crippen molar-refractivity contribution in [3.63, 3.8) is 0 Å². The molecule has 0 aromatic rings. The summed E-state index contributed by atoms with van der Waals surface area (Å²) in [6.45, 7) is 3.54. The number of esters is 4. The number of nitrogens with zero attached hydrogens (tertiary/aromatic N) is 1. The van der Waals surface area contributed by atoms with Gasteiger partial charge in [-0.1, -0.05) is 0 Å². The Hall–Kier alpha value is -1.47. The third-order valence-corrected chi connectivity index (χ3v) is 6.45. The molecule has 1 fully saturated rings. The van der Waals surface area contributed by atoms with Gasteiger partial charge < -0.3 is 28.6 Å². The van der Waals surface area contributed by atoms with Crippen LogP contribution in [0.2, 0.25) is 0 Å². The predicted molar refractivity (Wildman–Crippen MR) is 118 cm³/mol. The smallest absolute Gasteiger partial charge is 0.343 e. The highest BCUT2D eigenvalue weighted by Gasteiger charge is 2.56. The van der Waals surface area contributed by atoms with Crippen LogP contribution in [0.25, 0.3) is 0 Å².